The number of benzene rings is 1. The van der Waals surface area contributed by atoms with E-state index in [4.69, 9.17) is 9.47 Å². The number of piperidine rings is 1. The summed E-state index contributed by atoms with van der Waals surface area (Å²) in [6.07, 6.45) is 3.73. The Balaban J connectivity index is 0.00000363. The molecular formula is C24H39IN4O3. The minimum absolute atomic E-state index is 0. The number of carbonyl (C=O) groups is 1. The van der Waals surface area contributed by atoms with Gasteiger partial charge in [0.1, 0.15) is 0 Å². The van der Waals surface area contributed by atoms with Crippen molar-refractivity contribution in [3.63, 3.8) is 0 Å². The second kappa shape index (κ2) is 13.3. The van der Waals surface area contributed by atoms with Gasteiger partial charge in [0.05, 0.1) is 12.5 Å². The molecule has 180 valence electrons. The summed E-state index contributed by atoms with van der Waals surface area (Å²) in [4.78, 5) is 19.0. The number of guanidine groups is 1. The lowest BCUT2D eigenvalue weighted by Crippen LogP contribution is -2.59. The van der Waals surface area contributed by atoms with E-state index in [9.17, 15) is 4.79 Å². The average Bonchev–Trinajstić information content (AvgIpc) is 2.81. The first-order valence-corrected chi connectivity index (χ1v) is 11.6. The van der Waals surface area contributed by atoms with Crippen LogP contribution in [0.25, 0.3) is 0 Å². The van der Waals surface area contributed by atoms with Crippen LogP contribution < -0.4 is 10.6 Å². The van der Waals surface area contributed by atoms with Crippen molar-refractivity contribution in [3.8, 4) is 0 Å². The van der Waals surface area contributed by atoms with Crippen LogP contribution in [0.15, 0.2) is 35.3 Å². The van der Waals surface area contributed by atoms with Crippen LogP contribution in [0.2, 0.25) is 0 Å². The molecule has 0 amide bonds. The molecule has 0 aromatic heterocycles. The molecule has 2 heterocycles. The van der Waals surface area contributed by atoms with Gasteiger partial charge in [-0.05, 0) is 45.1 Å². The maximum atomic E-state index is 12.2. The summed E-state index contributed by atoms with van der Waals surface area (Å²) >= 11 is 0. The van der Waals surface area contributed by atoms with Crippen LogP contribution in [-0.2, 0) is 14.3 Å². The van der Waals surface area contributed by atoms with Crippen LogP contribution in [0, 0.1) is 5.92 Å². The predicted octanol–water partition coefficient (Wildman–Crippen LogP) is 3.35. The number of hydrogen-bond donors (Lipinski definition) is 2. The van der Waals surface area contributed by atoms with Crippen molar-refractivity contribution < 1.29 is 14.3 Å². The Hall–Kier alpha value is -1.39. The molecule has 2 aliphatic rings. The zero-order chi connectivity index (χ0) is 22.1. The minimum atomic E-state index is -0.0955. The van der Waals surface area contributed by atoms with E-state index in [0.29, 0.717) is 13.2 Å². The van der Waals surface area contributed by atoms with Gasteiger partial charge in [0.2, 0.25) is 0 Å². The van der Waals surface area contributed by atoms with Gasteiger partial charge in [-0.2, -0.15) is 0 Å². The number of ether oxygens (including phenoxy) is 2. The predicted molar refractivity (Wildman–Crippen MR) is 138 cm³/mol. The molecule has 2 atom stereocenters. The van der Waals surface area contributed by atoms with Crippen LogP contribution in [0.1, 0.15) is 51.1 Å². The van der Waals surface area contributed by atoms with Gasteiger partial charge in [0.25, 0.3) is 0 Å². The number of nitrogens with one attached hydrogen (secondary N) is 2. The molecule has 8 heteroatoms. The van der Waals surface area contributed by atoms with Gasteiger partial charge < -0.3 is 25.0 Å². The fourth-order valence-electron chi connectivity index (χ4n) is 4.62. The highest BCUT2D eigenvalue weighted by molar-refractivity contribution is 14.0. The molecule has 0 bridgehead atoms. The van der Waals surface area contributed by atoms with Crippen molar-refractivity contribution in [2.24, 2.45) is 10.9 Å². The monoisotopic (exact) mass is 558 g/mol. The number of likely N-dealkylation sites (tertiary alicyclic amines) is 1. The fraction of sp³-hybridized carbons (Fsp3) is 0.667. The van der Waals surface area contributed by atoms with Crippen molar-refractivity contribution in [2.45, 2.75) is 51.1 Å². The molecule has 1 aromatic rings. The highest BCUT2D eigenvalue weighted by Gasteiger charge is 2.35. The SMILES string of the molecule is CCOC(=O)C1CCCN(C(=NC)NCC2(NC(C)c3ccccc3)CCOCC2)C1.I. The molecule has 2 aliphatic heterocycles. The Labute approximate surface area is 209 Å². The van der Waals surface area contributed by atoms with Crippen molar-refractivity contribution in [2.75, 3.05) is 46.5 Å². The first-order valence-electron chi connectivity index (χ1n) is 11.6. The third-order valence-electron chi connectivity index (χ3n) is 6.41. The molecule has 0 spiro atoms. The number of halogens is 1. The number of rotatable bonds is 7. The van der Waals surface area contributed by atoms with Gasteiger partial charge >= 0.3 is 5.97 Å². The van der Waals surface area contributed by atoms with Gasteiger partial charge in [-0.25, -0.2) is 0 Å². The molecular weight excluding hydrogens is 519 g/mol. The molecule has 0 aliphatic carbocycles. The topological polar surface area (TPSA) is 75.2 Å². The van der Waals surface area contributed by atoms with E-state index in [0.717, 1.165) is 57.9 Å². The molecule has 32 heavy (non-hydrogen) atoms. The van der Waals surface area contributed by atoms with Gasteiger partial charge in [0, 0.05) is 51.5 Å². The largest absolute Gasteiger partial charge is 0.466 e. The molecule has 3 rings (SSSR count). The van der Waals surface area contributed by atoms with Crippen molar-refractivity contribution >= 4 is 35.9 Å². The molecule has 1 aromatic carbocycles. The lowest BCUT2D eigenvalue weighted by atomic mass is 9.88. The van der Waals surface area contributed by atoms with Gasteiger partial charge in [-0.15, -0.1) is 24.0 Å². The van der Waals surface area contributed by atoms with E-state index in [1.807, 2.05) is 20.0 Å². The zero-order valence-corrected chi connectivity index (χ0v) is 22.0. The Morgan fingerprint density at radius 2 is 2.03 bits per heavy atom. The van der Waals surface area contributed by atoms with Crippen molar-refractivity contribution in [1.29, 1.82) is 0 Å². The molecule has 7 nitrogen and oxygen atoms in total. The smallest absolute Gasteiger partial charge is 0.310 e. The Morgan fingerprint density at radius 1 is 1.31 bits per heavy atom. The average molecular weight is 559 g/mol. The molecule has 2 fully saturated rings. The van der Waals surface area contributed by atoms with Gasteiger partial charge in [-0.3, -0.25) is 9.79 Å². The quantitative estimate of drug-likeness (QED) is 0.232. The summed E-state index contributed by atoms with van der Waals surface area (Å²) < 4.78 is 10.9. The summed E-state index contributed by atoms with van der Waals surface area (Å²) in [6.45, 7) is 8.33. The van der Waals surface area contributed by atoms with E-state index >= 15 is 0 Å². The van der Waals surface area contributed by atoms with Crippen LogP contribution >= 0.6 is 24.0 Å². The van der Waals surface area contributed by atoms with Gasteiger partial charge in [-0.1, -0.05) is 30.3 Å². The Kier molecular flexibility index (Phi) is 11.2. The van der Waals surface area contributed by atoms with Crippen molar-refractivity contribution in [3.05, 3.63) is 35.9 Å². The maximum absolute atomic E-state index is 12.2. The number of nitrogens with zero attached hydrogens (tertiary/aromatic N) is 2. The second-order valence-corrected chi connectivity index (χ2v) is 8.61. The zero-order valence-electron chi connectivity index (χ0n) is 19.6. The van der Waals surface area contributed by atoms with Crippen molar-refractivity contribution in [1.82, 2.24) is 15.5 Å². The lowest BCUT2D eigenvalue weighted by molar-refractivity contribution is -0.149. The van der Waals surface area contributed by atoms with E-state index in [-0.39, 0.29) is 47.4 Å². The number of carbonyl (C=O) groups excluding carboxylic acids is 1. The molecule has 2 saturated heterocycles. The fourth-order valence-corrected chi connectivity index (χ4v) is 4.62. The normalized spacial score (nSPS) is 21.9. The van der Waals surface area contributed by atoms with E-state index in [2.05, 4.69) is 51.7 Å². The Bertz CT molecular complexity index is 725. The number of aliphatic imine (C=N–C) groups is 1. The Morgan fingerprint density at radius 3 is 2.69 bits per heavy atom. The molecule has 2 unspecified atom stereocenters. The number of hydrogen-bond acceptors (Lipinski definition) is 5. The van der Waals surface area contributed by atoms with Crippen LogP contribution in [-0.4, -0.2) is 68.9 Å². The summed E-state index contributed by atoms with van der Waals surface area (Å²) in [5.74, 6) is 0.677. The van der Waals surface area contributed by atoms with E-state index in [1.165, 1.54) is 5.56 Å². The summed E-state index contributed by atoms with van der Waals surface area (Å²) in [5.41, 5.74) is 1.21. The van der Waals surface area contributed by atoms with Crippen LogP contribution in [0.3, 0.4) is 0 Å². The molecule has 2 N–H and O–H groups in total. The second-order valence-electron chi connectivity index (χ2n) is 8.61. The number of esters is 1. The lowest BCUT2D eigenvalue weighted by Gasteiger charge is -2.42. The minimum Gasteiger partial charge on any atom is -0.466 e. The highest BCUT2D eigenvalue weighted by Crippen LogP contribution is 2.25. The first-order chi connectivity index (χ1) is 15.1. The van der Waals surface area contributed by atoms with E-state index < -0.39 is 0 Å². The third-order valence-corrected chi connectivity index (χ3v) is 6.41. The standard InChI is InChI=1S/C24H38N4O3.HI/c1-4-31-22(29)21-11-8-14-28(17-21)23(25-3)26-18-24(12-15-30-16-13-24)27-19(2)20-9-6-5-7-10-20;/h5-7,9-10,19,21,27H,4,8,11-18H2,1-3H3,(H,25,26);1H. The van der Waals surface area contributed by atoms with Crippen LogP contribution in [0.4, 0.5) is 0 Å². The van der Waals surface area contributed by atoms with Crippen LogP contribution in [0.5, 0.6) is 0 Å². The summed E-state index contributed by atoms with van der Waals surface area (Å²) in [6, 6.07) is 10.8. The summed E-state index contributed by atoms with van der Waals surface area (Å²) in [5, 5.41) is 7.49. The van der Waals surface area contributed by atoms with Gasteiger partial charge in [0.15, 0.2) is 5.96 Å². The maximum Gasteiger partial charge on any atom is 0.310 e. The van der Waals surface area contributed by atoms with E-state index in [1.54, 1.807) is 0 Å². The highest BCUT2D eigenvalue weighted by atomic mass is 127. The summed E-state index contributed by atoms with van der Waals surface area (Å²) in [7, 11) is 1.81. The third kappa shape index (κ3) is 7.31. The molecule has 0 radical (unpaired) electrons. The molecule has 0 saturated carbocycles. The first kappa shape index (κ1) is 26.9.